The molecule has 2 aliphatic rings. The molecule has 23 heavy (non-hydrogen) atoms. The van der Waals surface area contributed by atoms with Crippen molar-refractivity contribution in [3.8, 4) is 0 Å². The number of fused-ring (bicyclic) bond motifs is 2. The third-order valence-corrected chi connectivity index (χ3v) is 6.19. The van der Waals surface area contributed by atoms with E-state index in [0.717, 1.165) is 51.4 Å². The van der Waals surface area contributed by atoms with Crippen molar-refractivity contribution < 1.29 is 9.53 Å². The number of nitrogens with zero attached hydrogens (tertiary/aromatic N) is 3. The van der Waals surface area contributed by atoms with Crippen LogP contribution in [0.25, 0.3) is 10.2 Å². The highest BCUT2D eigenvalue weighted by Gasteiger charge is 2.39. The normalized spacial score (nSPS) is 24.2. The van der Waals surface area contributed by atoms with E-state index in [2.05, 4.69) is 9.97 Å². The molecule has 0 radical (unpaired) electrons. The summed E-state index contributed by atoms with van der Waals surface area (Å²) in [5, 5.41) is 1.04. The number of amides is 1. The third kappa shape index (κ3) is 2.35. The van der Waals surface area contributed by atoms with Crippen LogP contribution in [0.2, 0.25) is 0 Å². The van der Waals surface area contributed by atoms with Gasteiger partial charge in [-0.3, -0.25) is 4.79 Å². The van der Waals surface area contributed by atoms with Crippen LogP contribution in [-0.4, -0.2) is 46.1 Å². The number of carbonyl (C=O) groups excluding carboxylic acids is 1. The van der Waals surface area contributed by atoms with E-state index >= 15 is 0 Å². The lowest BCUT2D eigenvalue weighted by molar-refractivity contribution is -0.0444. The first-order valence-corrected chi connectivity index (χ1v) is 9.05. The first-order chi connectivity index (χ1) is 11.1. The number of hydrogen-bond acceptors (Lipinski definition) is 5. The number of morpholine rings is 1. The van der Waals surface area contributed by atoms with Gasteiger partial charge in [0.15, 0.2) is 0 Å². The van der Waals surface area contributed by atoms with E-state index in [9.17, 15) is 4.79 Å². The van der Waals surface area contributed by atoms with Gasteiger partial charge in [-0.15, -0.1) is 11.3 Å². The Hall–Kier alpha value is -1.53. The van der Waals surface area contributed by atoms with Crippen LogP contribution in [0.4, 0.5) is 0 Å². The maximum Gasteiger partial charge on any atom is 0.264 e. The minimum atomic E-state index is 0.141. The van der Waals surface area contributed by atoms with E-state index < -0.39 is 0 Å². The fraction of sp³-hybridized carbons (Fsp3) is 0.588. The minimum absolute atomic E-state index is 0.141. The second-order valence-electron chi connectivity index (χ2n) is 6.50. The maximum atomic E-state index is 13.2. The van der Waals surface area contributed by atoms with Gasteiger partial charge in [0.1, 0.15) is 10.7 Å². The molecule has 0 unspecified atom stereocenters. The average Bonchev–Trinajstić information content (AvgIpc) is 3.10. The van der Waals surface area contributed by atoms with E-state index in [0.29, 0.717) is 13.2 Å². The molecular weight excluding hydrogens is 310 g/mol. The fourth-order valence-electron chi connectivity index (χ4n) is 3.99. The highest BCUT2D eigenvalue weighted by molar-refractivity contribution is 7.20. The summed E-state index contributed by atoms with van der Waals surface area (Å²) < 4.78 is 5.83. The first-order valence-electron chi connectivity index (χ1n) is 8.23. The molecule has 1 aliphatic heterocycles. The van der Waals surface area contributed by atoms with Crippen LogP contribution in [0.3, 0.4) is 0 Å². The number of hydrogen-bond donors (Lipinski definition) is 0. The second-order valence-corrected chi connectivity index (χ2v) is 7.50. The number of aryl methyl sites for hydroxylation is 3. The molecule has 2 aromatic rings. The molecule has 2 fully saturated rings. The molecule has 2 atom stereocenters. The molecule has 1 saturated carbocycles. The van der Waals surface area contributed by atoms with Gasteiger partial charge in [-0.2, -0.15) is 0 Å². The van der Waals surface area contributed by atoms with E-state index in [-0.39, 0.29) is 18.1 Å². The van der Waals surface area contributed by atoms with E-state index in [1.54, 1.807) is 0 Å². The van der Waals surface area contributed by atoms with Gasteiger partial charge in [-0.1, -0.05) is 0 Å². The van der Waals surface area contributed by atoms with Crippen LogP contribution in [0.15, 0.2) is 0 Å². The lowest BCUT2D eigenvalue weighted by atomic mass is 10.1. The lowest BCUT2D eigenvalue weighted by Crippen LogP contribution is -2.51. The van der Waals surface area contributed by atoms with Gasteiger partial charge in [-0.25, -0.2) is 9.97 Å². The maximum absolute atomic E-state index is 13.2. The van der Waals surface area contributed by atoms with Crippen LogP contribution in [0, 0.1) is 20.8 Å². The number of carbonyl (C=O) groups is 1. The smallest absolute Gasteiger partial charge is 0.264 e. The lowest BCUT2D eigenvalue weighted by Gasteiger charge is -2.37. The van der Waals surface area contributed by atoms with Gasteiger partial charge in [0.25, 0.3) is 5.91 Å². The Morgan fingerprint density at radius 1 is 1.26 bits per heavy atom. The number of rotatable bonds is 1. The Balaban J connectivity index is 1.75. The molecule has 2 aromatic heterocycles. The molecule has 3 heterocycles. The predicted molar refractivity (Wildman–Crippen MR) is 90.0 cm³/mol. The molecule has 5 nitrogen and oxygen atoms in total. The zero-order chi connectivity index (χ0) is 16.1. The summed E-state index contributed by atoms with van der Waals surface area (Å²) >= 11 is 1.51. The Bertz CT molecular complexity index is 786. The Morgan fingerprint density at radius 3 is 2.91 bits per heavy atom. The molecule has 1 amide bonds. The Kier molecular flexibility index (Phi) is 3.61. The van der Waals surface area contributed by atoms with Crippen LogP contribution < -0.4 is 0 Å². The van der Waals surface area contributed by atoms with Crippen molar-refractivity contribution in [1.29, 1.82) is 0 Å². The van der Waals surface area contributed by atoms with Gasteiger partial charge in [0, 0.05) is 17.6 Å². The summed E-state index contributed by atoms with van der Waals surface area (Å²) in [4.78, 5) is 25.9. The summed E-state index contributed by atoms with van der Waals surface area (Å²) in [5.74, 6) is 0.903. The van der Waals surface area contributed by atoms with Gasteiger partial charge in [0.2, 0.25) is 0 Å². The predicted octanol–water partition coefficient (Wildman–Crippen LogP) is 3.01. The van der Waals surface area contributed by atoms with E-state index in [1.165, 1.54) is 11.3 Å². The monoisotopic (exact) mass is 331 g/mol. The van der Waals surface area contributed by atoms with E-state index in [4.69, 9.17) is 4.74 Å². The topological polar surface area (TPSA) is 55.3 Å². The van der Waals surface area contributed by atoms with Crippen LogP contribution in [0.1, 0.15) is 46.0 Å². The summed E-state index contributed by atoms with van der Waals surface area (Å²) in [6, 6.07) is 0.245. The molecule has 0 bridgehead atoms. The quantitative estimate of drug-likeness (QED) is 0.806. The van der Waals surface area contributed by atoms with Crippen LogP contribution >= 0.6 is 11.3 Å². The van der Waals surface area contributed by atoms with Crippen molar-refractivity contribution in [2.75, 3.05) is 13.2 Å². The van der Waals surface area contributed by atoms with Crippen molar-refractivity contribution in [2.24, 2.45) is 0 Å². The van der Waals surface area contributed by atoms with Crippen molar-refractivity contribution in [3.05, 3.63) is 22.0 Å². The van der Waals surface area contributed by atoms with Crippen LogP contribution in [-0.2, 0) is 4.74 Å². The summed E-state index contributed by atoms with van der Waals surface area (Å²) in [6.07, 6.45) is 3.50. The number of ether oxygens (including phenoxy) is 1. The summed E-state index contributed by atoms with van der Waals surface area (Å²) in [7, 11) is 0. The van der Waals surface area contributed by atoms with Crippen LogP contribution in [0.5, 0.6) is 0 Å². The molecule has 0 spiro atoms. The highest BCUT2D eigenvalue weighted by atomic mass is 32.1. The second kappa shape index (κ2) is 5.53. The summed E-state index contributed by atoms with van der Waals surface area (Å²) in [5.41, 5.74) is 1.98. The number of thiophene rings is 1. The Labute approximate surface area is 139 Å². The number of aromatic nitrogens is 2. The molecule has 1 saturated heterocycles. The largest absolute Gasteiger partial charge is 0.374 e. The van der Waals surface area contributed by atoms with Gasteiger partial charge in [0.05, 0.1) is 23.6 Å². The van der Waals surface area contributed by atoms with Crippen molar-refractivity contribution in [3.63, 3.8) is 0 Å². The van der Waals surface area contributed by atoms with E-state index in [1.807, 2.05) is 25.7 Å². The molecule has 0 aromatic carbocycles. The Morgan fingerprint density at radius 2 is 2.09 bits per heavy atom. The first kappa shape index (κ1) is 15.0. The van der Waals surface area contributed by atoms with Crippen molar-refractivity contribution >= 4 is 27.5 Å². The standard InChI is InChI=1S/C17H21N3O2S/c1-9-14-10(2)18-11(3)19-16(14)23-15(9)17(21)20-7-8-22-13-6-4-5-12(13)20/h12-13H,4-8H2,1-3H3/t12-,13+/m0/s1. The van der Waals surface area contributed by atoms with Gasteiger partial charge < -0.3 is 9.64 Å². The molecular formula is C17H21N3O2S. The molecule has 4 rings (SSSR count). The minimum Gasteiger partial charge on any atom is -0.374 e. The summed E-state index contributed by atoms with van der Waals surface area (Å²) in [6.45, 7) is 7.25. The zero-order valence-corrected chi connectivity index (χ0v) is 14.6. The zero-order valence-electron chi connectivity index (χ0n) is 13.8. The SMILES string of the molecule is Cc1nc(C)c2c(C)c(C(=O)N3CCO[C@@H]4CCC[C@@H]43)sc2n1. The average molecular weight is 331 g/mol. The van der Waals surface area contributed by atoms with Crippen molar-refractivity contribution in [1.82, 2.24) is 14.9 Å². The highest BCUT2D eigenvalue weighted by Crippen LogP contribution is 2.35. The molecule has 0 N–H and O–H groups in total. The van der Waals surface area contributed by atoms with Gasteiger partial charge in [-0.05, 0) is 45.6 Å². The molecule has 6 heteroatoms. The molecule has 1 aliphatic carbocycles. The molecule has 122 valence electrons. The fourth-order valence-corrected chi connectivity index (χ4v) is 5.22. The third-order valence-electron chi connectivity index (χ3n) is 5.02. The van der Waals surface area contributed by atoms with Crippen molar-refractivity contribution in [2.45, 2.75) is 52.2 Å². The van der Waals surface area contributed by atoms with Gasteiger partial charge >= 0.3 is 0 Å².